The third-order valence-electron chi connectivity index (χ3n) is 3.61. The molecule has 0 bridgehead atoms. The lowest BCUT2D eigenvalue weighted by atomic mass is 9.80. The van der Waals surface area contributed by atoms with Crippen LogP contribution in [0.4, 0.5) is 0 Å². The minimum Gasteiger partial charge on any atom is -0.388 e. The minimum absolute atomic E-state index is 0.108. The van der Waals surface area contributed by atoms with Gasteiger partial charge in [0.25, 0.3) is 5.91 Å². The smallest absolute Gasteiger partial charge is 0.251 e. The standard InChI is InChI=1S/C14H18BrNO2/c1-9-7-12(15)10(2)6-11(9)13(17)16-8-14(18)4-3-5-14/h6-7,18H,3-5,8H2,1-2H3,(H,16,17). The van der Waals surface area contributed by atoms with E-state index in [1.54, 1.807) is 0 Å². The molecule has 0 atom stereocenters. The number of benzene rings is 1. The predicted octanol–water partition coefficient (Wildman–Crippen LogP) is 2.71. The molecule has 1 fully saturated rings. The summed E-state index contributed by atoms with van der Waals surface area (Å²) in [6.45, 7) is 4.22. The van der Waals surface area contributed by atoms with E-state index in [2.05, 4.69) is 21.2 Å². The van der Waals surface area contributed by atoms with Crippen LogP contribution in [0.15, 0.2) is 16.6 Å². The highest BCUT2D eigenvalue weighted by molar-refractivity contribution is 9.10. The van der Waals surface area contributed by atoms with Crippen molar-refractivity contribution in [1.82, 2.24) is 5.32 Å². The molecule has 0 aliphatic heterocycles. The highest BCUT2D eigenvalue weighted by Crippen LogP contribution is 2.30. The van der Waals surface area contributed by atoms with Gasteiger partial charge in [0.15, 0.2) is 0 Å². The summed E-state index contributed by atoms with van der Waals surface area (Å²) in [6.07, 6.45) is 2.61. The number of aryl methyl sites for hydroxylation is 2. The van der Waals surface area contributed by atoms with Crippen molar-refractivity contribution >= 4 is 21.8 Å². The zero-order valence-corrected chi connectivity index (χ0v) is 12.3. The van der Waals surface area contributed by atoms with Gasteiger partial charge in [-0.05, 0) is 56.4 Å². The van der Waals surface area contributed by atoms with Crippen LogP contribution in [0.25, 0.3) is 0 Å². The molecule has 4 heteroatoms. The Kier molecular flexibility index (Phi) is 3.78. The van der Waals surface area contributed by atoms with Crippen LogP contribution in [0, 0.1) is 13.8 Å². The maximum Gasteiger partial charge on any atom is 0.251 e. The van der Waals surface area contributed by atoms with Crippen molar-refractivity contribution in [2.75, 3.05) is 6.54 Å². The first-order valence-electron chi connectivity index (χ1n) is 6.19. The second-order valence-electron chi connectivity index (χ2n) is 5.18. The van der Waals surface area contributed by atoms with Gasteiger partial charge < -0.3 is 10.4 Å². The van der Waals surface area contributed by atoms with Gasteiger partial charge >= 0.3 is 0 Å². The van der Waals surface area contributed by atoms with Crippen LogP contribution >= 0.6 is 15.9 Å². The molecule has 1 saturated carbocycles. The summed E-state index contributed by atoms with van der Waals surface area (Å²) in [5.74, 6) is -0.108. The first-order chi connectivity index (χ1) is 8.41. The number of hydrogen-bond donors (Lipinski definition) is 2. The van der Waals surface area contributed by atoms with Crippen LogP contribution < -0.4 is 5.32 Å². The number of hydrogen-bond acceptors (Lipinski definition) is 2. The highest BCUT2D eigenvalue weighted by atomic mass is 79.9. The number of carbonyl (C=O) groups is 1. The van der Waals surface area contributed by atoms with Crippen molar-refractivity contribution < 1.29 is 9.90 Å². The molecule has 1 aliphatic rings. The molecule has 1 aliphatic carbocycles. The normalized spacial score (nSPS) is 17.1. The summed E-state index contributed by atoms with van der Waals surface area (Å²) in [6, 6.07) is 3.82. The van der Waals surface area contributed by atoms with Crippen LogP contribution in [-0.4, -0.2) is 23.2 Å². The topological polar surface area (TPSA) is 49.3 Å². The van der Waals surface area contributed by atoms with E-state index in [0.29, 0.717) is 12.1 Å². The van der Waals surface area contributed by atoms with Gasteiger partial charge in [0.2, 0.25) is 0 Å². The molecule has 3 nitrogen and oxygen atoms in total. The molecule has 98 valence electrons. The fourth-order valence-corrected chi connectivity index (χ4v) is 2.59. The van der Waals surface area contributed by atoms with Gasteiger partial charge in [0, 0.05) is 16.6 Å². The van der Waals surface area contributed by atoms with Crippen LogP contribution in [0.2, 0.25) is 0 Å². The fourth-order valence-electron chi connectivity index (χ4n) is 2.13. The quantitative estimate of drug-likeness (QED) is 0.901. The predicted molar refractivity (Wildman–Crippen MR) is 74.8 cm³/mol. The van der Waals surface area contributed by atoms with Crippen LogP contribution in [0.3, 0.4) is 0 Å². The molecule has 0 unspecified atom stereocenters. The molecule has 0 spiro atoms. The van der Waals surface area contributed by atoms with E-state index in [1.165, 1.54) is 0 Å². The lowest BCUT2D eigenvalue weighted by molar-refractivity contribution is -0.0300. The van der Waals surface area contributed by atoms with E-state index < -0.39 is 5.60 Å². The molecular formula is C14H18BrNO2. The van der Waals surface area contributed by atoms with Crippen molar-refractivity contribution in [3.05, 3.63) is 33.3 Å². The molecule has 0 saturated heterocycles. The second kappa shape index (κ2) is 5.02. The summed E-state index contributed by atoms with van der Waals surface area (Å²) in [5.41, 5.74) is 1.98. The summed E-state index contributed by atoms with van der Waals surface area (Å²) >= 11 is 3.45. The van der Waals surface area contributed by atoms with E-state index in [-0.39, 0.29) is 5.91 Å². The van der Waals surface area contributed by atoms with Crippen LogP contribution in [-0.2, 0) is 0 Å². The second-order valence-corrected chi connectivity index (χ2v) is 6.03. The van der Waals surface area contributed by atoms with E-state index in [1.807, 2.05) is 26.0 Å². The van der Waals surface area contributed by atoms with Gasteiger partial charge in [0.05, 0.1) is 5.60 Å². The van der Waals surface area contributed by atoms with Crippen molar-refractivity contribution in [3.8, 4) is 0 Å². The van der Waals surface area contributed by atoms with Crippen molar-refractivity contribution in [1.29, 1.82) is 0 Å². The Bertz CT molecular complexity index is 481. The van der Waals surface area contributed by atoms with E-state index >= 15 is 0 Å². The van der Waals surface area contributed by atoms with E-state index in [0.717, 1.165) is 34.9 Å². The zero-order chi connectivity index (χ0) is 13.3. The number of halogens is 1. The Morgan fingerprint density at radius 2 is 2.06 bits per heavy atom. The Balaban J connectivity index is 2.06. The Morgan fingerprint density at radius 1 is 1.39 bits per heavy atom. The van der Waals surface area contributed by atoms with Gasteiger partial charge in [-0.3, -0.25) is 4.79 Å². The van der Waals surface area contributed by atoms with Crippen molar-refractivity contribution in [2.24, 2.45) is 0 Å². The van der Waals surface area contributed by atoms with Gasteiger partial charge in [0.1, 0.15) is 0 Å². The third kappa shape index (κ3) is 2.75. The van der Waals surface area contributed by atoms with Crippen molar-refractivity contribution in [3.63, 3.8) is 0 Å². The lowest BCUT2D eigenvalue weighted by Gasteiger charge is -2.36. The molecule has 0 aromatic heterocycles. The average molecular weight is 312 g/mol. The molecule has 1 aromatic rings. The number of nitrogens with one attached hydrogen (secondary N) is 1. The third-order valence-corrected chi connectivity index (χ3v) is 4.47. The first-order valence-corrected chi connectivity index (χ1v) is 6.98. The Labute approximate surface area is 116 Å². The summed E-state index contributed by atoms with van der Waals surface area (Å²) in [4.78, 5) is 12.1. The number of amides is 1. The molecule has 2 rings (SSSR count). The molecule has 0 heterocycles. The molecular weight excluding hydrogens is 294 g/mol. The minimum atomic E-state index is -0.673. The fraction of sp³-hybridized carbons (Fsp3) is 0.500. The zero-order valence-electron chi connectivity index (χ0n) is 10.7. The van der Waals surface area contributed by atoms with Crippen LogP contribution in [0.1, 0.15) is 40.7 Å². The number of carbonyl (C=O) groups excluding carboxylic acids is 1. The molecule has 18 heavy (non-hydrogen) atoms. The SMILES string of the molecule is Cc1cc(C(=O)NCC2(O)CCC2)c(C)cc1Br. The monoisotopic (exact) mass is 311 g/mol. The largest absolute Gasteiger partial charge is 0.388 e. The molecule has 2 N–H and O–H groups in total. The maximum absolute atomic E-state index is 12.1. The van der Waals surface area contributed by atoms with Crippen LogP contribution in [0.5, 0.6) is 0 Å². The summed E-state index contributed by atoms with van der Waals surface area (Å²) in [7, 11) is 0. The van der Waals surface area contributed by atoms with Gasteiger partial charge in [-0.15, -0.1) is 0 Å². The average Bonchev–Trinajstić information content (AvgIpc) is 2.28. The summed E-state index contributed by atoms with van der Waals surface area (Å²) in [5, 5.41) is 12.8. The number of rotatable bonds is 3. The molecule has 1 amide bonds. The lowest BCUT2D eigenvalue weighted by Crippen LogP contribution is -2.47. The van der Waals surface area contributed by atoms with E-state index in [4.69, 9.17) is 0 Å². The maximum atomic E-state index is 12.1. The van der Waals surface area contributed by atoms with E-state index in [9.17, 15) is 9.90 Å². The Morgan fingerprint density at radius 3 is 2.61 bits per heavy atom. The molecule has 0 radical (unpaired) electrons. The van der Waals surface area contributed by atoms with Crippen molar-refractivity contribution in [2.45, 2.75) is 38.7 Å². The number of aliphatic hydroxyl groups is 1. The van der Waals surface area contributed by atoms with Gasteiger partial charge in [-0.2, -0.15) is 0 Å². The highest BCUT2D eigenvalue weighted by Gasteiger charge is 2.34. The molecule has 1 aromatic carbocycles. The first kappa shape index (κ1) is 13.6. The van der Waals surface area contributed by atoms with Gasteiger partial charge in [-0.1, -0.05) is 15.9 Å². The van der Waals surface area contributed by atoms with Gasteiger partial charge in [-0.25, -0.2) is 0 Å². The summed E-state index contributed by atoms with van der Waals surface area (Å²) < 4.78 is 1.01. The Hall–Kier alpha value is -0.870.